The molecule has 0 saturated carbocycles. The van der Waals surface area contributed by atoms with E-state index < -0.39 is 5.76 Å². The molecule has 5 rings (SSSR count). The number of carbonyl (C=O) groups excluding carboxylic acids is 1. The normalized spacial score (nSPS) is 13.1. The number of fused-ring (bicyclic) bond motifs is 2. The van der Waals surface area contributed by atoms with E-state index in [2.05, 4.69) is 21.9 Å². The molecule has 2 aromatic heterocycles. The van der Waals surface area contributed by atoms with E-state index in [0.717, 1.165) is 41.9 Å². The number of rotatable bonds is 8. The molecule has 0 bridgehead atoms. The number of nitrogens with zero attached hydrogens (tertiary/aromatic N) is 3. The molecule has 33 heavy (non-hydrogen) atoms. The zero-order valence-corrected chi connectivity index (χ0v) is 18.3. The molecule has 0 unspecified atom stereocenters. The Hall–Kier alpha value is -3.69. The van der Waals surface area contributed by atoms with Gasteiger partial charge in [-0.15, -0.1) is 0 Å². The molecule has 0 spiro atoms. The third-order valence-corrected chi connectivity index (χ3v) is 6.13. The van der Waals surface area contributed by atoms with Gasteiger partial charge in [0, 0.05) is 43.5 Å². The molecule has 1 aliphatic rings. The Balaban J connectivity index is 1.28. The molecule has 0 saturated heterocycles. The van der Waals surface area contributed by atoms with E-state index >= 15 is 0 Å². The van der Waals surface area contributed by atoms with Crippen LogP contribution in [0.25, 0.3) is 16.8 Å². The van der Waals surface area contributed by atoms with Crippen LogP contribution in [0.4, 0.5) is 0 Å². The number of benzene rings is 2. The summed E-state index contributed by atoms with van der Waals surface area (Å²) in [5.74, 6) is -0.710. The monoisotopic (exact) mass is 447 g/mol. The number of nitrogens with two attached hydrogens (primary N) is 1. The maximum atomic E-state index is 11.8. The number of oxazole rings is 1. The lowest BCUT2D eigenvalue weighted by atomic mass is 9.96. The van der Waals surface area contributed by atoms with E-state index in [0.29, 0.717) is 36.4 Å². The minimum Gasteiger partial charge on any atom is -0.457 e. The molecule has 3 heterocycles. The van der Waals surface area contributed by atoms with Crippen molar-refractivity contribution in [3.8, 4) is 5.69 Å². The van der Waals surface area contributed by atoms with Crippen LogP contribution < -0.4 is 11.5 Å². The summed E-state index contributed by atoms with van der Waals surface area (Å²) >= 11 is 0. The highest BCUT2D eigenvalue weighted by molar-refractivity contribution is 5.93. The van der Waals surface area contributed by atoms with Gasteiger partial charge < -0.3 is 14.9 Å². The largest absolute Gasteiger partial charge is 0.457 e. The standard InChI is InChI=1S/C24H25N5O4/c1-15-17(2-4-19-20(15)14-32-23(19)30)6-8-28(9-7-25)12-16-11-26-29(13-16)18-3-5-22-21(10-18)27-24(31)33-22/h2-5,10-11,13H,6-9,12,14,25H2,1H3,(H,27,31). The molecular weight excluding hydrogens is 422 g/mol. The van der Waals surface area contributed by atoms with Crippen molar-refractivity contribution in [1.29, 1.82) is 0 Å². The highest BCUT2D eigenvalue weighted by Crippen LogP contribution is 2.26. The molecule has 9 heteroatoms. The molecular formula is C24H25N5O4. The molecule has 0 aliphatic carbocycles. The second kappa shape index (κ2) is 8.68. The first kappa shape index (κ1) is 21.2. The van der Waals surface area contributed by atoms with E-state index in [1.165, 1.54) is 5.56 Å². The predicted molar refractivity (Wildman–Crippen MR) is 122 cm³/mol. The molecule has 0 atom stereocenters. The summed E-state index contributed by atoms with van der Waals surface area (Å²) in [6.07, 6.45) is 4.67. The van der Waals surface area contributed by atoms with E-state index in [1.54, 1.807) is 10.7 Å². The average Bonchev–Trinajstić information content (AvgIpc) is 3.51. The third kappa shape index (κ3) is 4.20. The highest BCUT2D eigenvalue weighted by atomic mass is 16.5. The topological polar surface area (TPSA) is 119 Å². The van der Waals surface area contributed by atoms with Crippen LogP contribution >= 0.6 is 0 Å². The fraction of sp³-hybridized carbons (Fsp3) is 0.292. The Kier molecular flexibility index (Phi) is 5.57. The second-order valence-electron chi connectivity index (χ2n) is 8.25. The van der Waals surface area contributed by atoms with Gasteiger partial charge in [0.15, 0.2) is 5.58 Å². The number of esters is 1. The summed E-state index contributed by atoms with van der Waals surface area (Å²) in [4.78, 5) is 28.1. The number of hydrogen-bond donors (Lipinski definition) is 2. The average molecular weight is 447 g/mol. The zero-order chi connectivity index (χ0) is 22.9. The minimum atomic E-state index is -0.474. The lowest BCUT2D eigenvalue weighted by Gasteiger charge is -2.21. The van der Waals surface area contributed by atoms with Gasteiger partial charge >= 0.3 is 11.7 Å². The number of hydrogen-bond acceptors (Lipinski definition) is 7. The number of aromatic nitrogens is 3. The first-order valence-electron chi connectivity index (χ1n) is 10.9. The van der Waals surface area contributed by atoms with E-state index in [9.17, 15) is 9.59 Å². The molecule has 2 aromatic carbocycles. The Morgan fingerprint density at radius 3 is 2.94 bits per heavy atom. The van der Waals surface area contributed by atoms with Gasteiger partial charge in [0.1, 0.15) is 6.61 Å². The van der Waals surface area contributed by atoms with Crippen LogP contribution in [0, 0.1) is 6.92 Å². The van der Waals surface area contributed by atoms with E-state index in [1.807, 2.05) is 36.7 Å². The number of carbonyl (C=O) groups is 1. The molecule has 0 radical (unpaired) electrons. The smallest absolute Gasteiger partial charge is 0.417 e. The lowest BCUT2D eigenvalue weighted by Crippen LogP contribution is -2.31. The Bertz CT molecular complexity index is 1380. The van der Waals surface area contributed by atoms with Crippen molar-refractivity contribution >= 4 is 17.1 Å². The van der Waals surface area contributed by atoms with Gasteiger partial charge in [0.05, 0.1) is 23.0 Å². The first-order valence-corrected chi connectivity index (χ1v) is 10.9. The van der Waals surface area contributed by atoms with Gasteiger partial charge in [-0.1, -0.05) is 6.07 Å². The van der Waals surface area contributed by atoms with Gasteiger partial charge in [0.2, 0.25) is 0 Å². The Labute approximate surface area is 189 Å². The number of ether oxygens (including phenoxy) is 1. The summed E-state index contributed by atoms with van der Waals surface area (Å²) in [5, 5.41) is 4.48. The first-order chi connectivity index (χ1) is 16.0. The van der Waals surface area contributed by atoms with Gasteiger partial charge in [-0.05, 0) is 48.7 Å². The summed E-state index contributed by atoms with van der Waals surface area (Å²) in [6, 6.07) is 9.34. The summed E-state index contributed by atoms with van der Waals surface area (Å²) < 4.78 is 12.0. The molecule has 0 fully saturated rings. The molecule has 1 aliphatic heterocycles. The van der Waals surface area contributed by atoms with Crippen LogP contribution in [0.15, 0.2) is 51.9 Å². The number of nitrogens with one attached hydrogen (secondary N) is 1. The van der Waals surface area contributed by atoms with Crippen molar-refractivity contribution in [2.24, 2.45) is 5.73 Å². The number of H-pyrrole nitrogens is 1. The molecule has 4 aromatic rings. The van der Waals surface area contributed by atoms with Crippen molar-refractivity contribution in [2.75, 3.05) is 19.6 Å². The lowest BCUT2D eigenvalue weighted by molar-refractivity contribution is 0.0535. The van der Waals surface area contributed by atoms with Gasteiger partial charge in [-0.2, -0.15) is 5.10 Å². The van der Waals surface area contributed by atoms with Crippen LogP contribution in [-0.2, 0) is 24.3 Å². The second-order valence-corrected chi connectivity index (χ2v) is 8.25. The third-order valence-electron chi connectivity index (χ3n) is 6.13. The van der Waals surface area contributed by atoms with Gasteiger partial charge in [-0.25, -0.2) is 14.3 Å². The SMILES string of the molecule is Cc1c(CCN(CCN)Cc2cnn(-c3ccc4oc(=O)[nH]c4c3)c2)ccc2c1COC2=O. The van der Waals surface area contributed by atoms with Crippen LogP contribution in [0.1, 0.15) is 32.6 Å². The zero-order valence-electron chi connectivity index (χ0n) is 18.3. The highest BCUT2D eigenvalue weighted by Gasteiger charge is 2.23. The molecule has 170 valence electrons. The quantitative estimate of drug-likeness (QED) is 0.398. The summed E-state index contributed by atoms with van der Waals surface area (Å²) in [6.45, 7) is 5.28. The fourth-order valence-corrected chi connectivity index (χ4v) is 4.32. The van der Waals surface area contributed by atoms with Gasteiger partial charge in [-0.3, -0.25) is 9.88 Å². The van der Waals surface area contributed by atoms with Crippen LogP contribution in [0.2, 0.25) is 0 Å². The van der Waals surface area contributed by atoms with E-state index in [4.69, 9.17) is 14.9 Å². The van der Waals surface area contributed by atoms with E-state index in [-0.39, 0.29) is 5.97 Å². The van der Waals surface area contributed by atoms with Crippen LogP contribution in [0.3, 0.4) is 0 Å². The minimum absolute atomic E-state index is 0.236. The van der Waals surface area contributed by atoms with Crippen molar-refractivity contribution in [3.05, 3.63) is 81.1 Å². The Morgan fingerprint density at radius 1 is 1.21 bits per heavy atom. The van der Waals surface area contributed by atoms with Crippen LogP contribution in [0.5, 0.6) is 0 Å². The van der Waals surface area contributed by atoms with Crippen molar-refractivity contribution in [1.82, 2.24) is 19.7 Å². The molecule has 9 nitrogen and oxygen atoms in total. The van der Waals surface area contributed by atoms with Crippen LogP contribution in [-0.4, -0.2) is 45.3 Å². The number of cyclic esters (lactones) is 1. The number of aromatic amines is 1. The maximum absolute atomic E-state index is 11.8. The van der Waals surface area contributed by atoms with Gasteiger partial charge in [0.25, 0.3) is 0 Å². The Morgan fingerprint density at radius 2 is 2.09 bits per heavy atom. The molecule has 3 N–H and O–H groups in total. The van der Waals surface area contributed by atoms with Crippen molar-refractivity contribution in [2.45, 2.75) is 26.5 Å². The summed E-state index contributed by atoms with van der Waals surface area (Å²) in [5.41, 5.74) is 12.9. The van der Waals surface area contributed by atoms with Crippen molar-refractivity contribution in [3.63, 3.8) is 0 Å². The maximum Gasteiger partial charge on any atom is 0.417 e. The predicted octanol–water partition coefficient (Wildman–Crippen LogP) is 2.29. The fourth-order valence-electron chi connectivity index (χ4n) is 4.32. The van der Waals surface area contributed by atoms with Crippen molar-refractivity contribution < 1.29 is 13.9 Å². The molecule has 0 amide bonds. The summed E-state index contributed by atoms with van der Waals surface area (Å²) in [7, 11) is 0.